The fourth-order valence-corrected chi connectivity index (χ4v) is 3.53. The van der Waals surface area contributed by atoms with Crippen LogP contribution in [0.15, 0.2) is 29.2 Å². The highest BCUT2D eigenvalue weighted by molar-refractivity contribution is 7.91. The quantitative estimate of drug-likeness (QED) is 0.715. The summed E-state index contributed by atoms with van der Waals surface area (Å²) >= 11 is 5.21. The van der Waals surface area contributed by atoms with E-state index in [0.29, 0.717) is 0 Å². The van der Waals surface area contributed by atoms with E-state index < -0.39 is 10.0 Å². The Morgan fingerprint density at radius 2 is 1.80 bits per heavy atom. The molecule has 2 rings (SSSR count). The van der Waals surface area contributed by atoms with E-state index in [-0.39, 0.29) is 10.0 Å². The molecule has 1 aromatic carbocycles. The summed E-state index contributed by atoms with van der Waals surface area (Å²) < 4.78 is 27.0. The van der Waals surface area contributed by atoms with E-state index in [0.717, 1.165) is 31.7 Å². The molecule has 1 fully saturated rings. The lowest BCUT2D eigenvalue weighted by molar-refractivity contribution is -0.883. The number of hydrogen-bond acceptors (Lipinski definition) is 3. The summed E-state index contributed by atoms with van der Waals surface area (Å²) in [6.45, 7) is 5.40. The van der Waals surface area contributed by atoms with Gasteiger partial charge in [-0.15, -0.1) is 0 Å². The van der Waals surface area contributed by atoms with Crippen molar-refractivity contribution >= 4 is 27.4 Å². The minimum Gasteiger partial charge on any atom is -0.337 e. The molecule has 0 atom stereocenters. The third-order valence-corrected chi connectivity index (χ3v) is 5.30. The summed E-state index contributed by atoms with van der Waals surface area (Å²) in [5, 5.41) is 0.290. The molecule has 1 aliphatic heterocycles. The van der Waals surface area contributed by atoms with Gasteiger partial charge in [0.2, 0.25) is 0 Å². The third-order valence-electron chi connectivity index (χ3n) is 3.46. The minimum absolute atomic E-state index is 0.241. The van der Waals surface area contributed by atoms with Gasteiger partial charge in [-0.1, -0.05) is 17.7 Å². The smallest absolute Gasteiger partial charge is 0.263 e. The maximum Gasteiger partial charge on any atom is 0.263 e. The molecule has 0 amide bonds. The molecular formula is C13H20N3O2S2+. The lowest BCUT2D eigenvalue weighted by atomic mass is 10.2. The summed E-state index contributed by atoms with van der Waals surface area (Å²) in [5.74, 6) is 0. The van der Waals surface area contributed by atoms with Gasteiger partial charge in [0.25, 0.3) is 10.0 Å². The maximum atomic E-state index is 12.2. The van der Waals surface area contributed by atoms with Crippen molar-refractivity contribution in [3.8, 4) is 0 Å². The number of hydrogen-bond donors (Lipinski definition) is 2. The number of aryl methyl sites for hydroxylation is 1. The number of benzene rings is 1. The Morgan fingerprint density at radius 1 is 1.25 bits per heavy atom. The van der Waals surface area contributed by atoms with Crippen LogP contribution in [0.25, 0.3) is 0 Å². The Morgan fingerprint density at radius 3 is 2.35 bits per heavy atom. The molecule has 2 N–H and O–H groups in total. The van der Waals surface area contributed by atoms with Gasteiger partial charge < -0.3 is 9.80 Å². The first-order chi connectivity index (χ1) is 9.38. The monoisotopic (exact) mass is 314 g/mol. The molecule has 1 heterocycles. The fraction of sp³-hybridized carbons (Fsp3) is 0.462. The second-order valence-corrected chi connectivity index (χ2v) is 7.24. The average Bonchev–Trinajstić information content (AvgIpc) is 2.39. The molecule has 1 aliphatic rings. The van der Waals surface area contributed by atoms with Crippen LogP contribution in [0.3, 0.4) is 0 Å². The first-order valence-electron chi connectivity index (χ1n) is 6.58. The second kappa shape index (κ2) is 6.07. The molecule has 0 unspecified atom stereocenters. The highest BCUT2D eigenvalue weighted by atomic mass is 32.2. The number of likely N-dealkylation sites (N-methyl/N-ethyl adjacent to an activating group) is 1. The van der Waals surface area contributed by atoms with Crippen molar-refractivity contribution in [3.05, 3.63) is 29.8 Å². The zero-order valence-electron chi connectivity index (χ0n) is 11.7. The highest BCUT2D eigenvalue weighted by Gasteiger charge is 2.23. The summed E-state index contributed by atoms with van der Waals surface area (Å²) in [7, 11) is -1.46. The van der Waals surface area contributed by atoms with Crippen molar-refractivity contribution in [3.63, 3.8) is 0 Å². The van der Waals surface area contributed by atoms with Gasteiger partial charge >= 0.3 is 0 Å². The molecule has 20 heavy (non-hydrogen) atoms. The number of thiocarbonyl (C=S) groups is 1. The molecule has 0 aromatic heterocycles. The van der Waals surface area contributed by atoms with Crippen LogP contribution in [0.1, 0.15) is 5.56 Å². The lowest BCUT2D eigenvalue weighted by Crippen LogP contribution is -3.12. The van der Waals surface area contributed by atoms with Crippen LogP contribution in [0, 0.1) is 6.92 Å². The topological polar surface area (TPSA) is 53.9 Å². The lowest BCUT2D eigenvalue weighted by Gasteiger charge is -2.31. The Kier molecular flexibility index (Phi) is 4.62. The normalized spacial score (nSPS) is 17.0. The van der Waals surface area contributed by atoms with Crippen LogP contribution in [0.4, 0.5) is 0 Å². The predicted molar refractivity (Wildman–Crippen MR) is 82.3 cm³/mol. The summed E-state index contributed by atoms with van der Waals surface area (Å²) in [5.41, 5.74) is 1.02. The number of nitrogens with zero attached hydrogens (tertiary/aromatic N) is 1. The highest BCUT2D eigenvalue weighted by Crippen LogP contribution is 2.10. The molecule has 0 bridgehead atoms. The van der Waals surface area contributed by atoms with Crippen molar-refractivity contribution in [1.29, 1.82) is 0 Å². The summed E-state index contributed by atoms with van der Waals surface area (Å²) in [4.78, 5) is 3.59. The number of quaternary nitrogens is 1. The van der Waals surface area contributed by atoms with Crippen LogP contribution in [-0.2, 0) is 10.0 Å². The first kappa shape index (κ1) is 15.2. The van der Waals surface area contributed by atoms with E-state index in [2.05, 4.69) is 11.8 Å². The largest absolute Gasteiger partial charge is 0.337 e. The Labute approximate surface area is 125 Å². The summed E-state index contributed by atoms with van der Waals surface area (Å²) in [6.07, 6.45) is 0. The van der Waals surface area contributed by atoms with Gasteiger partial charge in [-0.05, 0) is 31.3 Å². The molecule has 0 radical (unpaired) electrons. The van der Waals surface area contributed by atoms with E-state index in [9.17, 15) is 8.42 Å². The number of nitrogens with one attached hydrogen (secondary N) is 2. The van der Waals surface area contributed by atoms with Crippen LogP contribution in [0.5, 0.6) is 0 Å². The zero-order valence-corrected chi connectivity index (χ0v) is 13.4. The van der Waals surface area contributed by atoms with Gasteiger partial charge in [-0.2, -0.15) is 0 Å². The molecule has 110 valence electrons. The minimum atomic E-state index is -3.58. The van der Waals surface area contributed by atoms with Crippen molar-refractivity contribution in [2.75, 3.05) is 33.2 Å². The van der Waals surface area contributed by atoms with Crippen LogP contribution in [-0.4, -0.2) is 51.7 Å². The van der Waals surface area contributed by atoms with E-state index in [4.69, 9.17) is 12.2 Å². The van der Waals surface area contributed by atoms with Crippen molar-refractivity contribution in [2.45, 2.75) is 11.8 Å². The zero-order chi connectivity index (χ0) is 14.8. The van der Waals surface area contributed by atoms with Crippen LogP contribution in [0.2, 0.25) is 0 Å². The average molecular weight is 314 g/mol. The number of rotatable bonds is 2. The Bertz CT molecular complexity index is 576. The molecule has 1 aromatic rings. The van der Waals surface area contributed by atoms with Gasteiger partial charge in [-0.25, -0.2) is 8.42 Å². The molecule has 0 spiro atoms. The number of piperazine rings is 1. The molecule has 5 nitrogen and oxygen atoms in total. The Balaban J connectivity index is 2.04. The molecule has 7 heteroatoms. The Hall–Kier alpha value is -1.18. The first-order valence-corrected chi connectivity index (χ1v) is 8.47. The second-order valence-electron chi connectivity index (χ2n) is 5.17. The van der Waals surface area contributed by atoms with Gasteiger partial charge in [-0.3, -0.25) is 4.72 Å². The van der Waals surface area contributed by atoms with Crippen molar-refractivity contribution < 1.29 is 13.3 Å². The molecule has 0 aliphatic carbocycles. The maximum absolute atomic E-state index is 12.2. The molecule has 0 saturated carbocycles. The SMILES string of the molecule is Cc1ccc(S(=O)(=O)NC(=S)N2CC[NH+](C)CC2)cc1. The summed E-state index contributed by atoms with van der Waals surface area (Å²) in [6, 6.07) is 6.73. The van der Waals surface area contributed by atoms with Crippen molar-refractivity contribution in [2.24, 2.45) is 0 Å². The van der Waals surface area contributed by atoms with Gasteiger partial charge in [0.15, 0.2) is 5.11 Å². The van der Waals surface area contributed by atoms with Gasteiger partial charge in [0, 0.05) is 0 Å². The van der Waals surface area contributed by atoms with Crippen LogP contribution >= 0.6 is 12.2 Å². The van der Waals surface area contributed by atoms with E-state index >= 15 is 0 Å². The standard InChI is InChI=1S/C13H19N3O2S2/c1-11-3-5-12(6-4-11)20(17,18)14-13(19)16-9-7-15(2)8-10-16/h3-6H,7-10H2,1-2H3,(H,14,19)/p+1. The number of sulfonamides is 1. The van der Waals surface area contributed by atoms with Gasteiger partial charge in [0.05, 0.1) is 38.1 Å². The third kappa shape index (κ3) is 3.68. The van der Waals surface area contributed by atoms with Gasteiger partial charge in [0.1, 0.15) is 0 Å². The van der Waals surface area contributed by atoms with Crippen molar-refractivity contribution in [1.82, 2.24) is 9.62 Å². The fourth-order valence-electron chi connectivity index (χ4n) is 2.05. The molecule has 1 saturated heterocycles. The molecular weight excluding hydrogens is 294 g/mol. The predicted octanol–water partition coefficient (Wildman–Crippen LogP) is -0.611. The van der Waals surface area contributed by atoms with Crippen LogP contribution < -0.4 is 9.62 Å². The van der Waals surface area contributed by atoms with E-state index in [1.165, 1.54) is 4.90 Å². The van der Waals surface area contributed by atoms with E-state index in [1.54, 1.807) is 24.3 Å². The van der Waals surface area contributed by atoms with E-state index in [1.807, 2.05) is 11.8 Å².